The molecule has 0 fully saturated rings. The van der Waals surface area contributed by atoms with Crippen LogP contribution >= 0.6 is 23.5 Å². The molecule has 0 bridgehead atoms. The first-order valence-electron chi connectivity index (χ1n) is 5.95. The smallest absolute Gasteiger partial charge is 0.139 e. The molecule has 2 N–H and O–H groups in total. The molecule has 2 heterocycles. The number of hydrogen-bond acceptors (Lipinski definition) is 6. The topological polar surface area (TPSA) is 83.1 Å². The van der Waals surface area contributed by atoms with Gasteiger partial charge in [0.1, 0.15) is 10.1 Å². The van der Waals surface area contributed by atoms with Gasteiger partial charge >= 0.3 is 0 Å². The van der Waals surface area contributed by atoms with E-state index < -0.39 is 0 Å². The number of benzene rings is 1. The second-order valence-electron chi connectivity index (χ2n) is 4.01. The van der Waals surface area contributed by atoms with E-state index >= 15 is 0 Å². The van der Waals surface area contributed by atoms with Gasteiger partial charge in [0.05, 0.1) is 12.4 Å². The van der Waals surface area contributed by atoms with E-state index in [1.54, 1.807) is 35.9 Å². The highest BCUT2D eigenvalue weighted by molar-refractivity contribution is 7.98. The van der Waals surface area contributed by atoms with Crippen LogP contribution in [0, 0.1) is 0 Å². The summed E-state index contributed by atoms with van der Waals surface area (Å²) in [5.41, 5.74) is 2.54. The van der Waals surface area contributed by atoms with Gasteiger partial charge in [-0.3, -0.25) is 0 Å². The van der Waals surface area contributed by atoms with Gasteiger partial charge in [-0.1, -0.05) is 47.8 Å². The summed E-state index contributed by atoms with van der Waals surface area (Å²) in [5.74, 6) is 1.78. The van der Waals surface area contributed by atoms with Crippen molar-refractivity contribution < 1.29 is 0 Å². The van der Waals surface area contributed by atoms with Crippen LogP contribution in [-0.2, 0) is 11.5 Å². The molecule has 0 aliphatic rings. The minimum absolute atomic E-state index is 0.892. The Balaban J connectivity index is 1.51. The van der Waals surface area contributed by atoms with Gasteiger partial charge in [0, 0.05) is 11.5 Å². The zero-order chi connectivity index (χ0) is 13.6. The number of thioether (sulfide) groups is 2. The van der Waals surface area contributed by atoms with Gasteiger partial charge in [0.15, 0.2) is 0 Å². The summed E-state index contributed by atoms with van der Waals surface area (Å²) >= 11 is 3.33. The molecule has 0 aliphatic heterocycles. The standard InChI is InChI=1S/C12H12N6S2/c1-2-10(8-20-12-6-14-18-16-12)4-3-9(1)7-19-11-5-13-17-15-11/h1-6H,7-8H2,(H,13,15,17)(H,14,16,18). The van der Waals surface area contributed by atoms with E-state index in [1.165, 1.54) is 11.1 Å². The number of nitrogens with zero attached hydrogens (tertiary/aromatic N) is 4. The van der Waals surface area contributed by atoms with Crippen molar-refractivity contribution in [3.05, 3.63) is 47.8 Å². The van der Waals surface area contributed by atoms with Gasteiger partial charge in [-0.05, 0) is 11.1 Å². The molecule has 3 rings (SSSR count). The minimum atomic E-state index is 0.892. The molecule has 3 aromatic rings. The fourth-order valence-corrected chi connectivity index (χ4v) is 3.05. The minimum Gasteiger partial charge on any atom is -0.197 e. The molecule has 0 saturated carbocycles. The first-order chi connectivity index (χ1) is 9.90. The first-order valence-corrected chi connectivity index (χ1v) is 7.92. The third kappa shape index (κ3) is 3.61. The SMILES string of the molecule is c1cc(CSc2cn[nH]n2)ccc1CSc1cn[nH]n1. The Morgan fingerprint density at radius 2 is 1.20 bits per heavy atom. The summed E-state index contributed by atoms with van der Waals surface area (Å²) < 4.78 is 0. The van der Waals surface area contributed by atoms with E-state index in [2.05, 4.69) is 55.1 Å². The van der Waals surface area contributed by atoms with Crippen LogP contribution in [0.4, 0.5) is 0 Å². The Labute approximate surface area is 124 Å². The maximum absolute atomic E-state index is 4.01. The molecule has 0 amide bonds. The van der Waals surface area contributed by atoms with Crippen molar-refractivity contribution in [2.24, 2.45) is 0 Å². The number of hydrogen-bond donors (Lipinski definition) is 2. The van der Waals surface area contributed by atoms with E-state index in [4.69, 9.17) is 0 Å². The molecule has 0 saturated heterocycles. The maximum atomic E-state index is 4.01. The van der Waals surface area contributed by atoms with Gasteiger partial charge in [-0.15, -0.1) is 10.2 Å². The summed E-state index contributed by atoms with van der Waals surface area (Å²) in [5, 5.41) is 22.6. The summed E-state index contributed by atoms with van der Waals surface area (Å²) in [7, 11) is 0. The summed E-state index contributed by atoms with van der Waals surface area (Å²) in [6.07, 6.45) is 3.46. The van der Waals surface area contributed by atoms with Crippen molar-refractivity contribution in [1.29, 1.82) is 0 Å². The van der Waals surface area contributed by atoms with Crippen molar-refractivity contribution in [2.75, 3.05) is 0 Å². The highest BCUT2D eigenvalue weighted by Gasteiger charge is 2.01. The van der Waals surface area contributed by atoms with E-state index in [9.17, 15) is 0 Å². The van der Waals surface area contributed by atoms with Crippen LogP contribution in [0.15, 0.2) is 46.7 Å². The Hall–Kier alpha value is -1.80. The van der Waals surface area contributed by atoms with Crippen LogP contribution < -0.4 is 0 Å². The van der Waals surface area contributed by atoms with E-state index in [1.807, 2.05) is 0 Å². The van der Waals surface area contributed by atoms with Crippen LogP contribution in [0.25, 0.3) is 0 Å². The lowest BCUT2D eigenvalue weighted by Gasteiger charge is -2.02. The Morgan fingerprint density at radius 1 is 0.750 bits per heavy atom. The lowest BCUT2D eigenvalue weighted by molar-refractivity contribution is 0.911. The lowest BCUT2D eigenvalue weighted by atomic mass is 10.2. The maximum Gasteiger partial charge on any atom is 0.139 e. The van der Waals surface area contributed by atoms with Gasteiger partial charge in [-0.25, -0.2) is 0 Å². The monoisotopic (exact) mass is 304 g/mol. The molecule has 0 spiro atoms. The Bertz CT molecular complexity index is 563. The van der Waals surface area contributed by atoms with Crippen molar-refractivity contribution in [2.45, 2.75) is 21.6 Å². The molecule has 0 aliphatic carbocycles. The highest BCUT2D eigenvalue weighted by atomic mass is 32.2. The van der Waals surface area contributed by atoms with E-state index in [0.29, 0.717) is 0 Å². The molecule has 8 heteroatoms. The quantitative estimate of drug-likeness (QED) is 0.681. The molecule has 0 atom stereocenters. The predicted octanol–water partition coefficient (Wildman–Crippen LogP) is 2.51. The molecule has 0 unspecified atom stereocenters. The van der Waals surface area contributed by atoms with Crippen LogP contribution in [0.3, 0.4) is 0 Å². The van der Waals surface area contributed by atoms with E-state index in [0.717, 1.165) is 21.6 Å². The molecular formula is C12H12N6S2. The average molecular weight is 304 g/mol. The normalized spacial score (nSPS) is 10.8. The average Bonchev–Trinajstić information content (AvgIpc) is 3.17. The summed E-state index contributed by atoms with van der Waals surface area (Å²) in [6.45, 7) is 0. The van der Waals surface area contributed by atoms with Gasteiger partial charge in [0.2, 0.25) is 0 Å². The molecule has 20 heavy (non-hydrogen) atoms. The number of rotatable bonds is 6. The summed E-state index contributed by atoms with van der Waals surface area (Å²) in [6, 6.07) is 8.58. The zero-order valence-electron chi connectivity index (χ0n) is 10.5. The number of nitrogens with one attached hydrogen (secondary N) is 2. The van der Waals surface area contributed by atoms with Gasteiger partial charge in [0.25, 0.3) is 0 Å². The third-order valence-corrected chi connectivity index (χ3v) is 4.52. The van der Waals surface area contributed by atoms with Crippen LogP contribution in [0.1, 0.15) is 11.1 Å². The second kappa shape index (κ2) is 6.58. The van der Waals surface area contributed by atoms with Gasteiger partial charge in [-0.2, -0.15) is 20.6 Å². The molecule has 0 radical (unpaired) electrons. The van der Waals surface area contributed by atoms with Crippen molar-refractivity contribution in [3.63, 3.8) is 0 Å². The molecule has 6 nitrogen and oxygen atoms in total. The van der Waals surface area contributed by atoms with E-state index in [-0.39, 0.29) is 0 Å². The lowest BCUT2D eigenvalue weighted by Crippen LogP contribution is -1.85. The van der Waals surface area contributed by atoms with Gasteiger partial charge < -0.3 is 0 Å². The molecule has 102 valence electrons. The number of aromatic amines is 2. The predicted molar refractivity (Wildman–Crippen MR) is 78.3 cm³/mol. The number of aromatic nitrogens is 6. The second-order valence-corrected chi connectivity index (χ2v) is 6.00. The molecular weight excluding hydrogens is 292 g/mol. The first kappa shape index (κ1) is 13.2. The number of H-pyrrole nitrogens is 2. The Kier molecular flexibility index (Phi) is 4.34. The van der Waals surface area contributed by atoms with Crippen LogP contribution in [0.5, 0.6) is 0 Å². The Morgan fingerprint density at radius 3 is 1.55 bits per heavy atom. The fourth-order valence-electron chi connectivity index (χ4n) is 1.57. The third-order valence-electron chi connectivity index (χ3n) is 2.58. The van der Waals surface area contributed by atoms with Crippen LogP contribution in [-0.4, -0.2) is 30.8 Å². The summed E-state index contributed by atoms with van der Waals surface area (Å²) in [4.78, 5) is 0. The fraction of sp³-hybridized carbons (Fsp3) is 0.167. The molecule has 2 aromatic heterocycles. The highest BCUT2D eigenvalue weighted by Crippen LogP contribution is 2.22. The largest absolute Gasteiger partial charge is 0.197 e. The zero-order valence-corrected chi connectivity index (χ0v) is 12.1. The van der Waals surface area contributed by atoms with Crippen molar-refractivity contribution in [1.82, 2.24) is 30.8 Å². The molecule has 1 aromatic carbocycles. The van der Waals surface area contributed by atoms with Crippen LogP contribution in [0.2, 0.25) is 0 Å². The van der Waals surface area contributed by atoms with Crippen molar-refractivity contribution in [3.8, 4) is 0 Å². The van der Waals surface area contributed by atoms with Crippen molar-refractivity contribution >= 4 is 23.5 Å².